The Hall–Kier alpha value is -2.00. The van der Waals surface area contributed by atoms with Crippen LogP contribution in [0.3, 0.4) is 0 Å². The third kappa shape index (κ3) is 2.56. The molecule has 0 radical (unpaired) electrons. The number of carbonyl (C=O) groups excluding carboxylic acids is 1. The van der Waals surface area contributed by atoms with Crippen molar-refractivity contribution in [2.24, 2.45) is 0 Å². The van der Waals surface area contributed by atoms with Gasteiger partial charge in [0.2, 0.25) is 0 Å². The van der Waals surface area contributed by atoms with Crippen LogP contribution in [0.25, 0.3) is 0 Å². The maximum Gasteiger partial charge on any atom is 0.165 e. The largest absolute Gasteiger partial charge is 0.373 e. The molecule has 0 aliphatic carbocycles. The zero-order valence-electron chi connectivity index (χ0n) is 10.6. The molecule has 3 nitrogen and oxygen atoms in total. The molecule has 1 atom stereocenters. The zero-order valence-corrected chi connectivity index (χ0v) is 10.6. The average molecular weight is 253 g/mol. The first-order chi connectivity index (χ1) is 9.34. The highest BCUT2D eigenvalue weighted by Crippen LogP contribution is 2.30. The first-order valence-electron chi connectivity index (χ1n) is 6.47. The van der Waals surface area contributed by atoms with Crippen molar-refractivity contribution < 1.29 is 9.53 Å². The molecule has 96 valence electrons. The van der Waals surface area contributed by atoms with E-state index >= 15 is 0 Å². The highest BCUT2D eigenvalue weighted by Gasteiger charge is 2.23. The number of carbonyl (C=O) groups is 1. The van der Waals surface area contributed by atoms with Crippen LogP contribution < -0.4 is 0 Å². The van der Waals surface area contributed by atoms with Crippen LogP contribution in [0.15, 0.2) is 48.8 Å². The van der Waals surface area contributed by atoms with Crippen molar-refractivity contribution in [2.45, 2.75) is 18.9 Å². The second-order valence-corrected chi connectivity index (χ2v) is 4.67. The first-order valence-corrected chi connectivity index (χ1v) is 6.47. The molecule has 1 aromatic carbocycles. The quantitative estimate of drug-likeness (QED) is 0.789. The lowest BCUT2D eigenvalue weighted by molar-refractivity contribution is 0.0352. The molecule has 0 bridgehead atoms. The second kappa shape index (κ2) is 5.33. The van der Waals surface area contributed by atoms with Gasteiger partial charge in [0, 0.05) is 24.4 Å². The van der Waals surface area contributed by atoms with Crippen molar-refractivity contribution in [1.82, 2.24) is 4.98 Å². The number of aromatic nitrogens is 1. The highest BCUT2D eigenvalue weighted by atomic mass is 16.5. The van der Waals surface area contributed by atoms with Crippen LogP contribution in [0, 0.1) is 0 Å². The van der Waals surface area contributed by atoms with Crippen LogP contribution in [0.1, 0.15) is 34.0 Å². The van der Waals surface area contributed by atoms with Crippen LogP contribution in [0.5, 0.6) is 0 Å². The Labute approximate surface area is 112 Å². The van der Waals surface area contributed by atoms with Gasteiger partial charge in [-0.25, -0.2) is 0 Å². The van der Waals surface area contributed by atoms with Crippen LogP contribution in [0.4, 0.5) is 0 Å². The molecule has 1 aliphatic heterocycles. The summed E-state index contributed by atoms with van der Waals surface area (Å²) in [6.07, 6.45) is 4.48. The Kier molecular flexibility index (Phi) is 3.38. The van der Waals surface area contributed by atoms with Gasteiger partial charge in [-0.05, 0) is 29.7 Å². The van der Waals surface area contributed by atoms with Crippen LogP contribution in [-0.4, -0.2) is 17.4 Å². The van der Waals surface area contributed by atoms with E-state index in [1.165, 1.54) is 5.56 Å². The van der Waals surface area contributed by atoms with E-state index in [1.807, 2.05) is 12.1 Å². The van der Waals surface area contributed by atoms with E-state index in [4.69, 9.17) is 4.74 Å². The summed E-state index contributed by atoms with van der Waals surface area (Å²) in [5.74, 6) is 0.101. The molecule has 0 fully saturated rings. The minimum absolute atomic E-state index is 0.101. The fourth-order valence-electron chi connectivity index (χ4n) is 2.47. The fraction of sp³-hybridized carbons (Fsp3) is 0.250. The van der Waals surface area contributed by atoms with Gasteiger partial charge in [0.15, 0.2) is 5.78 Å². The third-order valence-corrected chi connectivity index (χ3v) is 3.47. The first kappa shape index (κ1) is 12.1. The van der Waals surface area contributed by atoms with Crippen molar-refractivity contribution >= 4 is 5.78 Å². The maximum atomic E-state index is 12.2. The predicted molar refractivity (Wildman–Crippen MR) is 72.0 cm³/mol. The average Bonchev–Trinajstić information content (AvgIpc) is 2.48. The van der Waals surface area contributed by atoms with Crippen molar-refractivity contribution in [3.8, 4) is 0 Å². The van der Waals surface area contributed by atoms with Crippen LogP contribution in [0.2, 0.25) is 0 Å². The van der Waals surface area contributed by atoms with E-state index in [1.54, 1.807) is 24.5 Å². The van der Waals surface area contributed by atoms with E-state index in [0.29, 0.717) is 18.6 Å². The number of hydrogen-bond acceptors (Lipinski definition) is 3. The van der Waals surface area contributed by atoms with Crippen molar-refractivity contribution in [1.29, 1.82) is 0 Å². The molecule has 19 heavy (non-hydrogen) atoms. The molecule has 0 amide bonds. The minimum Gasteiger partial charge on any atom is -0.373 e. The third-order valence-electron chi connectivity index (χ3n) is 3.47. The summed E-state index contributed by atoms with van der Waals surface area (Å²) >= 11 is 0. The van der Waals surface area contributed by atoms with Gasteiger partial charge in [-0.3, -0.25) is 9.78 Å². The summed E-state index contributed by atoms with van der Waals surface area (Å²) in [5, 5.41) is 0. The fourth-order valence-corrected chi connectivity index (χ4v) is 2.47. The van der Waals surface area contributed by atoms with Crippen molar-refractivity contribution in [3.05, 3.63) is 65.5 Å². The number of benzene rings is 1. The smallest absolute Gasteiger partial charge is 0.165 e. The summed E-state index contributed by atoms with van der Waals surface area (Å²) in [6, 6.07) is 11.7. The number of pyridine rings is 1. The van der Waals surface area contributed by atoms with Gasteiger partial charge in [0.1, 0.15) is 0 Å². The molecule has 1 aromatic heterocycles. The molecular formula is C16H15NO2. The summed E-state index contributed by atoms with van der Waals surface area (Å²) in [6.45, 7) is 0.686. The van der Waals surface area contributed by atoms with E-state index < -0.39 is 0 Å². The number of fused-ring (bicyclic) bond motifs is 1. The van der Waals surface area contributed by atoms with Gasteiger partial charge >= 0.3 is 0 Å². The molecule has 3 heteroatoms. The molecule has 0 spiro atoms. The Morgan fingerprint density at radius 3 is 2.84 bits per heavy atom. The van der Waals surface area contributed by atoms with E-state index in [9.17, 15) is 4.79 Å². The molecule has 1 unspecified atom stereocenters. The monoisotopic (exact) mass is 253 g/mol. The summed E-state index contributed by atoms with van der Waals surface area (Å²) in [4.78, 5) is 16.1. The number of nitrogens with zero attached hydrogens (tertiary/aromatic N) is 1. The van der Waals surface area contributed by atoms with Gasteiger partial charge in [-0.15, -0.1) is 0 Å². The van der Waals surface area contributed by atoms with Gasteiger partial charge in [0.05, 0.1) is 12.7 Å². The van der Waals surface area contributed by atoms with Crippen molar-refractivity contribution in [2.75, 3.05) is 6.61 Å². The van der Waals surface area contributed by atoms with Gasteiger partial charge in [0.25, 0.3) is 0 Å². The lowest BCUT2D eigenvalue weighted by Crippen LogP contribution is -2.19. The molecule has 2 aromatic rings. The van der Waals surface area contributed by atoms with Crippen LogP contribution in [-0.2, 0) is 11.2 Å². The summed E-state index contributed by atoms with van der Waals surface area (Å²) < 4.78 is 5.76. The maximum absolute atomic E-state index is 12.2. The number of hydrogen-bond donors (Lipinski definition) is 0. The van der Waals surface area contributed by atoms with E-state index in [0.717, 1.165) is 12.0 Å². The molecule has 2 heterocycles. The molecule has 0 saturated heterocycles. The Bertz CT molecular complexity index is 580. The molecule has 0 N–H and O–H groups in total. The van der Waals surface area contributed by atoms with Crippen LogP contribution >= 0.6 is 0 Å². The molecule has 3 rings (SSSR count). The Balaban J connectivity index is 1.80. The summed E-state index contributed by atoms with van der Waals surface area (Å²) in [7, 11) is 0. The van der Waals surface area contributed by atoms with Crippen molar-refractivity contribution in [3.63, 3.8) is 0 Å². The van der Waals surface area contributed by atoms with Gasteiger partial charge in [-0.2, -0.15) is 0 Å². The number of Topliss-reactive ketones (excluding diaryl/α,β-unsaturated/α-hetero) is 1. The minimum atomic E-state index is -0.120. The number of ether oxygens (including phenoxy) is 1. The summed E-state index contributed by atoms with van der Waals surface area (Å²) in [5.41, 5.74) is 3.14. The SMILES string of the molecule is O=C(CC1OCCc2ccccc21)c1ccncc1. The lowest BCUT2D eigenvalue weighted by atomic mass is 9.93. The molecule has 0 saturated carbocycles. The Morgan fingerprint density at radius 1 is 1.21 bits per heavy atom. The lowest BCUT2D eigenvalue weighted by Gasteiger charge is -2.25. The van der Waals surface area contributed by atoms with E-state index in [-0.39, 0.29) is 11.9 Å². The zero-order chi connectivity index (χ0) is 13.1. The van der Waals surface area contributed by atoms with Gasteiger partial charge in [-0.1, -0.05) is 24.3 Å². The van der Waals surface area contributed by atoms with Gasteiger partial charge < -0.3 is 4.74 Å². The predicted octanol–water partition coefficient (Wildman–Crippen LogP) is 2.97. The normalized spacial score (nSPS) is 17.8. The molecular weight excluding hydrogens is 238 g/mol. The number of ketones is 1. The second-order valence-electron chi connectivity index (χ2n) is 4.67. The number of rotatable bonds is 3. The van der Waals surface area contributed by atoms with E-state index in [2.05, 4.69) is 17.1 Å². The topological polar surface area (TPSA) is 39.2 Å². The molecule has 1 aliphatic rings. The standard InChI is InChI=1S/C16H15NO2/c18-15(13-5-8-17-9-6-13)11-16-14-4-2-1-3-12(14)7-10-19-16/h1-6,8-9,16H,7,10-11H2. The highest BCUT2D eigenvalue weighted by molar-refractivity contribution is 5.96. The Morgan fingerprint density at radius 2 is 2.00 bits per heavy atom.